The van der Waals surface area contributed by atoms with E-state index in [1.54, 1.807) is 12.3 Å². The van der Waals surface area contributed by atoms with Crippen LogP contribution in [0.4, 0.5) is 14.5 Å². The third kappa shape index (κ3) is 4.33. The van der Waals surface area contributed by atoms with Gasteiger partial charge in [-0.1, -0.05) is 0 Å². The minimum absolute atomic E-state index is 0.0607. The minimum atomic E-state index is -0.905. The lowest BCUT2D eigenvalue weighted by atomic mass is 10.0. The minimum Gasteiger partial charge on any atom is -0.480 e. The number of rotatable bonds is 6. The van der Waals surface area contributed by atoms with Crippen LogP contribution in [0.15, 0.2) is 30.7 Å². The van der Waals surface area contributed by atoms with Crippen molar-refractivity contribution < 1.29 is 18.7 Å². The normalized spacial score (nSPS) is 16.8. The molecule has 0 unspecified atom stereocenters. The SMILES string of the molecule is O=C(O)[C@H](Cc1cnc[nH]1)NC1CCN(c2ccc(F)c(F)c2)CC1. The highest BCUT2D eigenvalue weighted by Crippen LogP contribution is 2.22. The molecule has 1 atom stereocenters. The summed E-state index contributed by atoms with van der Waals surface area (Å²) in [5.41, 5.74) is 1.41. The molecule has 1 aromatic carbocycles. The van der Waals surface area contributed by atoms with Crippen molar-refractivity contribution in [2.45, 2.75) is 31.3 Å². The van der Waals surface area contributed by atoms with Crippen molar-refractivity contribution in [3.05, 3.63) is 48.1 Å². The lowest BCUT2D eigenvalue weighted by Crippen LogP contribution is -2.49. The average molecular weight is 350 g/mol. The summed E-state index contributed by atoms with van der Waals surface area (Å²) in [6, 6.07) is 3.25. The van der Waals surface area contributed by atoms with Crippen LogP contribution in [0, 0.1) is 11.6 Å². The van der Waals surface area contributed by atoms with Gasteiger partial charge in [-0.25, -0.2) is 13.8 Å². The van der Waals surface area contributed by atoms with Crippen LogP contribution < -0.4 is 10.2 Å². The molecule has 1 aromatic heterocycles. The molecule has 6 nitrogen and oxygen atoms in total. The number of carboxylic acid groups (broad SMARTS) is 1. The van der Waals surface area contributed by atoms with E-state index in [4.69, 9.17) is 0 Å². The number of piperidine rings is 1. The van der Waals surface area contributed by atoms with Crippen molar-refractivity contribution >= 4 is 11.7 Å². The number of aromatic amines is 1. The number of aliphatic carboxylic acids is 1. The fourth-order valence-corrected chi connectivity index (χ4v) is 3.10. The van der Waals surface area contributed by atoms with E-state index in [0.717, 1.165) is 24.6 Å². The van der Waals surface area contributed by atoms with E-state index in [2.05, 4.69) is 15.3 Å². The number of carboxylic acids is 1. The molecule has 3 rings (SSSR count). The molecule has 1 aliphatic rings. The maximum Gasteiger partial charge on any atom is 0.321 e. The van der Waals surface area contributed by atoms with Crippen LogP contribution >= 0.6 is 0 Å². The number of hydrogen-bond donors (Lipinski definition) is 3. The maximum atomic E-state index is 13.4. The zero-order valence-electron chi connectivity index (χ0n) is 13.6. The van der Waals surface area contributed by atoms with E-state index in [0.29, 0.717) is 25.2 Å². The Hall–Kier alpha value is -2.48. The van der Waals surface area contributed by atoms with Crippen LogP contribution in [-0.4, -0.2) is 46.2 Å². The molecule has 2 heterocycles. The number of nitrogens with zero attached hydrogens (tertiary/aromatic N) is 2. The summed E-state index contributed by atoms with van der Waals surface area (Å²) in [5.74, 6) is -2.62. The number of halogens is 2. The van der Waals surface area contributed by atoms with Gasteiger partial charge in [0.05, 0.1) is 6.33 Å². The second-order valence-corrected chi connectivity index (χ2v) is 6.20. The molecule has 0 saturated carbocycles. The van der Waals surface area contributed by atoms with Crippen LogP contribution in [0.25, 0.3) is 0 Å². The van der Waals surface area contributed by atoms with Crippen molar-refractivity contribution in [3.63, 3.8) is 0 Å². The monoisotopic (exact) mass is 350 g/mol. The molecule has 0 aliphatic carbocycles. The highest BCUT2D eigenvalue weighted by Gasteiger charge is 2.26. The average Bonchev–Trinajstić information content (AvgIpc) is 3.10. The molecule has 1 saturated heterocycles. The summed E-state index contributed by atoms with van der Waals surface area (Å²) in [4.78, 5) is 20.3. The van der Waals surface area contributed by atoms with Gasteiger partial charge in [0.25, 0.3) is 0 Å². The Morgan fingerprint density at radius 2 is 2.12 bits per heavy atom. The smallest absolute Gasteiger partial charge is 0.321 e. The topological polar surface area (TPSA) is 81.2 Å². The Kier molecular flexibility index (Phi) is 5.28. The molecule has 0 bridgehead atoms. The first-order valence-electron chi connectivity index (χ1n) is 8.19. The Labute approximate surface area is 143 Å². The summed E-state index contributed by atoms with van der Waals surface area (Å²) in [6.45, 7) is 1.30. The molecule has 2 aromatic rings. The van der Waals surface area contributed by atoms with E-state index in [-0.39, 0.29) is 6.04 Å². The second-order valence-electron chi connectivity index (χ2n) is 6.20. The van der Waals surface area contributed by atoms with E-state index >= 15 is 0 Å². The number of aromatic nitrogens is 2. The lowest BCUT2D eigenvalue weighted by Gasteiger charge is -2.35. The zero-order chi connectivity index (χ0) is 17.8. The van der Waals surface area contributed by atoms with Gasteiger partial charge >= 0.3 is 5.97 Å². The lowest BCUT2D eigenvalue weighted by molar-refractivity contribution is -0.139. The van der Waals surface area contributed by atoms with E-state index in [1.807, 2.05) is 4.90 Å². The quantitative estimate of drug-likeness (QED) is 0.742. The Morgan fingerprint density at radius 3 is 2.72 bits per heavy atom. The fourth-order valence-electron chi connectivity index (χ4n) is 3.10. The predicted molar refractivity (Wildman–Crippen MR) is 88.4 cm³/mol. The summed E-state index contributed by atoms with van der Waals surface area (Å²) >= 11 is 0. The molecule has 25 heavy (non-hydrogen) atoms. The first kappa shape index (κ1) is 17.3. The highest BCUT2D eigenvalue weighted by molar-refractivity contribution is 5.73. The molecule has 3 N–H and O–H groups in total. The van der Waals surface area contributed by atoms with Gasteiger partial charge < -0.3 is 20.3 Å². The van der Waals surface area contributed by atoms with Crippen molar-refractivity contribution in [2.24, 2.45) is 0 Å². The Bertz CT molecular complexity index is 715. The molecule has 0 spiro atoms. The number of nitrogens with one attached hydrogen (secondary N) is 2. The van der Waals surface area contributed by atoms with E-state index < -0.39 is 23.6 Å². The fraction of sp³-hybridized carbons (Fsp3) is 0.412. The van der Waals surface area contributed by atoms with Gasteiger partial charge in [0.1, 0.15) is 6.04 Å². The summed E-state index contributed by atoms with van der Waals surface area (Å²) in [5, 5.41) is 12.6. The van der Waals surface area contributed by atoms with Gasteiger partial charge in [-0.05, 0) is 25.0 Å². The Balaban J connectivity index is 1.55. The van der Waals surface area contributed by atoms with Crippen LogP contribution in [0.1, 0.15) is 18.5 Å². The zero-order valence-corrected chi connectivity index (χ0v) is 13.6. The van der Waals surface area contributed by atoms with Crippen LogP contribution in [0.3, 0.4) is 0 Å². The molecule has 0 radical (unpaired) electrons. The summed E-state index contributed by atoms with van der Waals surface area (Å²) < 4.78 is 26.4. The van der Waals surface area contributed by atoms with E-state index in [9.17, 15) is 18.7 Å². The van der Waals surface area contributed by atoms with Crippen LogP contribution in [0.5, 0.6) is 0 Å². The number of hydrogen-bond acceptors (Lipinski definition) is 4. The molecular weight excluding hydrogens is 330 g/mol. The highest BCUT2D eigenvalue weighted by atomic mass is 19.2. The van der Waals surface area contributed by atoms with Crippen molar-refractivity contribution in [1.29, 1.82) is 0 Å². The summed E-state index contributed by atoms with van der Waals surface area (Å²) in [6.07, 6.45) is 4.92. The number of benzene rings is 1. The number of carbonyl (C=O) groups is 1. The van der Waals surface area contributed by atoms with Crippen molar-refractivity contribution in [3.8, 4) is 0 Å². The van der Waals surface area contributed by atoms with Gasteiger partial charge in [0, 0.05) is 49.2 Å². The molecule has 1 fully saturated rings. The Morgan fingerprint density at radius 1 is 1.36 bits per heavy atom. The third-order valence-corrected chi connectivity index (χ3v) is 4.48. The molecule has 0 amide bonds. The predicted octanol–water partition coefficient (Wildman–Crippen LogP) is 1.94. The van der Waals surface area contributed by atoms with Gasteiger partial charge in [0.2, 0.25) is 0 Å². The van der Waals surface area contributed by atoms with E-state index in [1.165, 1.54) is 12.4 Å². The molecule has 134 valence electrons. The first-order chi connectivity index (χ1) is 12.0. The van der Waals surface area contributed by atoms with Gasteiger partial charge in [-0.15, -0.1) is 0 Å². The first-order valence-corrected chi connectivity index (χ1v) is 8.19. The maximum absolute atomic E-state index is 13.4. The third-order valence-electron chi connectivity index (χ3n) is 4.48. The number of H-pyrrole nitrogens is 1. The van der Waals surface area contributed by atoms with Crippen LogP contribution in [0.2, 0.25) is 0 Å². The number of imidazole rings is 1. The van der Waals surface area contributed by atoms with Crippen molar-refractivity contribution in [2.75, 3.05) is 18.0 Å². The van der Waals surface area contributed by atoms with Crippen LogP contribution in [-0.2, 0) is 11.2 Å². The molecular formula is C17H20F2N4O2. The molecule has 8 heteroatoms. The second kappa shape index (κ2) is 7.60. The summed E-state index contributed by atoms with van der Waals surface area (Å²) in [7, 11) is 0. The number of anilines is 1. The molecule has 1 aliphatic heterocycles. The van der Waals surface area contributed by atoms with Crippen molar-refractivity contribution in [1.82, 2.24) is 15.3 Å². The van der Waals surface area contributed by atoms with Gasteiger partial charge in [-0.3, -0.25) is 4.79 Å². The largest absolute Gasteiger partial charge is 0.480 e. The van der Waals surface area contributed by atoms with Gasteiger partial charge in [0.15, 0.2) is 11.6 Å². The standard InChI is InChI=1S/C17H20F2N4O2/c18-14-2-1-13(8-15(14)19)23-5-3-11(4-6-23)22-16(17(24)25)7-12-9-20-10-21-12/h1-2,8-11,16,22H,3-7H2,(H,20,21)(H,24,25)/t16-/m0/s1. The van der Waals surface area contributed by atoms with Gasteiger partial charge in [-0.2, -0.15) is 0 Å².